The van der Waals surface area contributed by atoms with E-state index in [0.717, 1.165) is 82.4 Å². The summed E-state index contributed by atoms with van der Waals surface area (Å²) in [6.45, 7) is 3.80. The predicted molar refractivity (Wildman–Crippen MR) is 138 cm³/mol. The van der Waals surface area contributed by atoms with Gasteiger partial charge in [0.1, 0.15) is 17.3 Å². The molecule has 0 aromatic carbocycles. The van der Waals surface area contributed by atoms with Crippen molar-refractivity contribution < 1.29 is 0 Å². The fraction of sp³-hybridized carbons (Fsp3) is 0.308. The molecule has 0 amide bonds. The maximum Gasteiger partial charge on any atom is 0.155 e. The molecule has 35 heavy (non-hydrogen) atoms. The second kappa shape index (κ2) is 8.06. The SMILES string of the molecule is NC1CN(c2cccc(-c3cnc4[nH]nc(-c5cc6c(N7CCCCC7)nccc6[nH]5)c4c3)n2)C1. The van der Waals surface area contributed by atoms with E-state index in [-0.39, 0.29) is 6.04 Å². The summed E-state index contributed by atoms with van der Waals surface area (Å²) < 4.78 is 0. The number of H-pyrrole nitrogens is 2. The first-order chi connectivity index (χ1) is 17.2. The third kappa shape index (κ3) is 3.50. The number of piperidine rings is 1. The molecular weight excluding hydrogens is 438 g/mol. The van der Waals surface area contributed by atoms with Crippen LogP contribution in [0.4, 0.5) is 11.6 Å². The maximum atomic E-state index is 5.96. The summed E-state index contributed by atoms with van der Waals surface area (Å²) in [5.41, 5.74) is 11.4. The van der Waals surface area contributed by atoms with Gasteiger partial charge in [-0.05, 0) is 49.6 Å². The quantitative estimate of drug-likeness (QED) is 0.371. The Hall–Kier alpha value is -3.98. The number of aromatic nitrogens is 6. The molecule has 0 aliphatic carbocycles. The zero-order valence-corrected chi connectivity index (χ0v) is 19.4. The van der Waals surface area contributed by atoms with E-state index in [1.807, 2.05) is 36.7 Å². The van der Waals surface area contributed by atoms with E-state index in [4.69, 9.17) is 15.7 Å². The first kappa shape index (κ1) is 20.4. The molecule has 0 saturated carbocycles. The van der Waals surface area contributed by atoms with Crippen molar-refractivity contribution in [1.82, 2.24) is 30.1 Å². The molecule has 0 atom stereocenters. The second-order valence-electron chi connectivity index (χ2n) is 9.56. The predicted octanol–water partition coefficient (Wildman–Crippen LogP) is 3.70. The molecule has 9 heteroatoms. The van der Waals surface area contributed by atoms with Crippen molar-refractivity contribution in [2.24, 2.45) is 5.73 Å². The van der Waals surface area contributed by atoms with Gasteiger partial charge in [-0.1, -0.05) is 6.07 Å². The van der Waals surface area contributed by atoms with Crippen molar-refractivity contribution in [2.75, 3.05) is 36.0 Å². The maximum absolute atomic E-state index is 5.96. The van der Waals surface area contributed by atoms with Gasteiger partial charge >= 0.3 is 0 Å². The molecule has 4 N–H and O–H groups in total. The molecule has 5 aromatic heterocycles. The van der Waals surface area contributed by atoms with Crippen molar-refractivity contribution in [3.8, 4) is 22.6 Å². The summed E-state index contributed by atoms with van der Waals surface area (Å²) in [6.07, 6.45) is 7.46. The molecule has 176 valence electrons. The van der Waals surface area contributed by atoms with Crippen LogP contribution in [-0.4, -0.2) is 62.4 Å². The topological polar surface area (TPSA) is 116 Å². The smallest absolute Gasteiger partial charge is 0.155 e. The normalized spacial score (nSPS) is 16.8. The highest BCUT2D eigenvalue weighted by molar-refractivity contribution is 5.99. The van der Waals surface area contributed by atoms with Crippen LogP contribution in [0.25, 0.3) is 44.6 Å². The Balaban J connectivity index is 1.28. The van der Waals surface area contributed by atoms with Crippen LogP contribution in [0.15, 0.2) is 48.8 Å². The number of nitrogens with two attached hydrogens (primary N) is 1. The molecule has 0 spiro atoms. The number of anilines is 2. The van der Waals surface area contributed by atoms with E-state index in [9.17, 15) is 0 Å². The van der Waals surface area contributed by atoms with Crippen LogP contribution in [-0.2, 0) is 0 Å². The Bertz CT molecular complexity index is 1520. The summed E-state index contributed by atoms with van der Waals surface area (Å²) in [5.74, 6) is 2.00. The van der Waals surface area contributed by atoms with Crippen molar-refractivity contribution >= 4 is 33.6 Å². The van der Waals surface area contributed by atoms with Gasteiger partial charge in [0.25, 0.3) is 0 Å². The van der Waals surface area contributed by atoms with Gasteiger partial charge in [-0.3, -0.25) is 5.10 Å². The number of hydrogen-bond acceptors (Lipinski definition) is 7. The van der Waals surface area contributed by atoms with E-state index in [1.54, 1.807) is 0 Å². The lowest BCUT2D eigenvalue weighted by Gasteiger charge is -2.37. The van der Waals surface area contributed by atoms with Gasteiger partial charge in [0, 0.05) is 61.0 Å². The van der Waals surface area contributed by atoms with Crippen molar-refractivity contribution in [3.63, 3.8) is 0 Å². The molecule has 0 unspecified atom stereocenters. The van der Waals surface area contributed by atoms with Crippen molar-refractivity contribution in [3.05, 3.63) is 48.8 Å². The number of nitrogens with one attached hydrogen (secondary N) is 2. The average Bonchev–Trinajstić information content (AvgIpc) is 3.51. The van der Waals surface area contributed by atoms with Crippen LogP contribution in [0.2, 0.25) is 0 Å². The number of hydrogen-bond donors (Lipinski definition) is 3. The minimum atomic E-state index is 0.230. The summed E-state index contributed by atoms with van der Waals surface area (Å²) in [5, 5.41) is 9.80. The Labute approximate surface area is 202 Å². The van der Waals surface area contributed by atoms with Crippen LogP contribution < -0.4 is 15.5 Å². The van der Waals surface area contributed by atoms with Gasteiger partial charge in [-0.25, -0.2) is 15.0 Å². The molecule has 2 aliphatic rings. The highest BCUT2D eigenvalue weighted by Crippen LogP contribution is 2.34. The molecule has 7 heterocycles. The van der Waals surface area contributed by atoms with Crippen molar-refractivity contribution in [2.45, 2.75) is 25.3 Å². The first-order valence-electron chi connectivity index (χ1n) is 12.3. The second-order valence-corrected chi connectivity index (χ2v) is 9.56. The Morgan fingerprint density at radius 1 is 0.943 bits per heavy atom. The van der Waals surface area contributed by atoms with Gasteiger partial charge in [-0.2, -0.15) is 5.10 Å². The number of aromatic amines is 2. The lowest BCUT2D eigenvalue weighted by molar-refractivity contribution is 0.515. The number of nitrogens with zero attached hydrogens (tertiary/aromatic N) is 6. The van der Waals surface area contributed by atoms with E-state index >= 15 is 0 Å². The third-order valence-electron chi connectivity index (χ3n) is 7.12. The Kier molecular flexibility index (Phi) is 4.70. The molecule has 2 saturated heterocycles. The molecule has 0 bridgehead atoms. The third-order valence-corrected chi connectivity index (χ3v) is 7.12. The van der Waals surface area contributed by atoms with E-state index in [2.05, 4.69) is 42.1 Å². The molecule has 9 nitrogen and oxygen atoms in total. The summed E-state index contributed by atoms with van der Waals surface area (Å²) in [4.78, 5) is 22.4. The lowest BCUT2D eigenvalue weighted by atomic mass is 10.1. The molecular formula is C26H27N9. The molecule has 0 radical (unpaired) electrons. The van der Waals surface area contributed by atoms with Crippen LogP contribution in [0, 0.1) is 0 Å². The lowest BCUT2D eigenvalue weighted by Crippen LogP contribution is -2.56. The van der Waals surface area contributed by atoms with Gasteiger partial charge in [0.2, 0.25) is 0 Å². The molecule has 2 fully saturated rings. The van der Waals surface area contributed by atoms with Crippen LogP contribution in [0.1, 0.15) is 19.3 Å². The average molecular weight is 466 g/mol. The largest absolute Gasteiger partial charge is 0.356 e. The van der Waals surface area contributed by atoms with Crippen molar-refractivity contribution in [1.29, 1.82) is 0 Å². The first-order valence-corrected chi connectivity index (χ1v) is 12.3. The van der Waals surface area contributed by atoms with Gasteiger partial charge in [-0.15, -0.1) is 0 Å². The van der Waals surface area contributed by atoms with Crippen LogP contribution in [0.5, 0.6) is 0 Å². The fourth-order valence-electron chi connectivity index (χ4n) is 5.23. The molecule has 2 aliphatic heterocycles. The zero-order chi connectivity index (χ0) is 23.4. The number of pyridine rings is 3. The minimum Gasteiger partial charge on any atom is -0.356 e. The summed E-state index contributed by atoms with van der Waals surface area (Å²) >= 11 is 0. The Morgan fingerprint density at radius 3 is 2.69 bits per heavy atom. The Morgan fingerprint density at radius 2 is 1.83 bits per heavy atom. The monoisotopic (exact) mass is 465 g/mol. The van der Waals surface area contributed by atoms with Gasteiger partial charge < -0.3 is 20.5 Å². The number of rotatable bonds is 4. The van der Waals surface area contributed by atoms with Crippen LogP contribution in [0.3, 0.4) is 0 Å². The van der Waals surface area contributed by atoms with Gasteiger partial charge in [0.15, 0.2) is 5.65 Å². The fourth-order valence-corrected chi connectivity index (χ4v) is 5.23. The molecule has 5 aromatic rings. The minimum absolute atomic E-state index is 0.230. The summed E-state index contributed by atoms with van der Waals surface area (Å²) in [6, 6.07) is 12.6. The zero-order valence-electron chi connectivity index (χ0n) is 19.4. The highest BCUT2D eigenvalue weighted by atomic mass is 15.3. The van der Waals surface area contributed by atoms with E-state index < -0.39 is 0 Å². The standard InChI is InChI=1S/C26H27N9/c27-17-14-35(15-17)23-6-4-5-20(31-23)16-11-19-24(32-33-25(19)29-13-16)22-12-18-21(30-22)7-8-28-26(18)34-9-2-1-3-10-34/h4-8,11-13,17,30H,1-3,9-10,14-15,27H2,(H,29,32,33). The van der Waals surface area contributed by atoms with Gasteiger partial charge in [0.05, 0.1) is 16.9 Å². The van der Waals surface area contributed by atoms with E-state index in [0.29, 0.717) is 0 Å². The van der Waals surface area contributed by atoms with E-state index in [1.165, 1.54) is 19.3 Å². The highest BCUT2D eigenvalue weighted by Gasteiger charge is 2.24. The summed E-state index contributed by atoms with van der Waals surface area (Å²) in [7, 11) is 0. The van der Waals surface area contributed by atoms with Crippen LogP contribution >= 0.6 is 0 Å². The molecule has 7 rings (SSSR count). The number of fused-ring (bicyclic) bond motifs is 2.